The topological polar surface area (TPSA) is 43.8 Å². The smallest absolute Gasteiger partial charge is 0.182 e. The molecule has 0 heterocycles. The van der Waals surface area contributed by atoms with E-state index in [9.17, 15) is 9.90 Å². The lowest BCUT2D eigenvalue weighted by atomic mass is 10.1. The SMILES string of the molecule is CN(C)c1cc(Cl)c(C=CC(=O)C=C(O)C=Cc2c(Cl)cc(N(C)C)cc2Cl)c(Cl)c1. The van der Waals surface area contributed by atoms with Crippen LogP contribution in [0.5, 0.6) is 0 Å². The molecule has 0 aliphatic carbocycles. The first-order chi connectivity index (χ1) is 14.5. The number of aliphatic hydroxyl groups is 1. The number of rotatable bonds is 7. The zero-order chi connectivity index (χ0) is 23.3. The second kappa shape index (κ2) is 11.0. The summed E-state index contributed by atoms with van der Waals surface area (Å²) in [6, 6.07) is 7.03. The van der Waals surface area contributed by atoms with E-state index in [1.54, 1.807) is 30.3 Å². The lowest BCUT2D eigenvalue weighted by molar-refractivity contribution is -0.110. The molecular formula is C23H22Cl4N2O2. The Morgan fingerprint density at radius 2 is 1.10 bits per heavy atom. The summed E-state index contributed by atoms with van der Waals surface area (Å²) in [5.74, 6) is -0.690. The molecule has 0 fully saturated rings. The number of carbonyl (C=O) groups is 1. The predicted octanol–water partition coefficient (Wildman–Crippen LogP) is 7.17. The molecule has 0 aliphatic heterocycles. The number of nitrogens with zero attached hydrogens (tertiary/aromatic N) is 2. The molecule has 0 bridgehead atoms. The minimum absolute atomic E-state index is 0.251. The van der Waals surface area contributed by atoms with Crippen LogP contribution in [0, 0.1) is 0 Å². The largest absolute Gasteiger partial charge is 0.508 e. The van der Waals surface area contributed by atoms with E-state index < -0.39 is 5.78 Å². The van der Waals surface area contributed by atoms with Crippen LogP contribution in [-0.4, -0.2) is 39.1 Å². The number of anilines is 2. The van der Waals surface area contributed by atoms with Crippen molar-refractivity contribution in [1.82, 2.24) is 0 Å². The summed E-state index contributed by atoms with van der Waals surface area (Å²) in [5.41, 5.74) is 2.75. The molecule has 0 aromatic heterocycles. The average Bonchev–Trinajstić information content (AvgIpc) is 2.66. The van der Waals surface area contributed by atoms with Gasteiger partial charge in [0.2, 0.25) is 0 Å². The summed E-state index contributed by atoms with van der Waals surface area (Å²) >= 11 is 25.1. The Morgan fingerprint density at radius 1 is 0.742 bits per heavy atom. The van der Waals surface area contributed by atoms with Crippen LogP contribution in [0.15, 0.2) is 48.3 Å². The van der Waals surface area contributed by atoms with E-state index in [1.807, 2.05) is 38.0 Å². The third-order valence-electron chi connectivity index (χ3n) is 4.29. The third-order valence-corrected chi connectivity index (χ3v) is 5.54. The van der Waals surface area contributed by atoms with Crippen molar-refractivity contribution in [2.24, 2.45) is 0 Å². The van der Waals surface area contributed by atoms with Crippen molar-refractivity contribution < 1.29 is 9.90 Å². The minimum atomic E-state index is -0.439. The van der Waals surface area contributed by atoms with Gasteiger partial charge in [-0.2, -0.15) is 0 Å². The molecular weight excluding hydrogens is 478 g/mol. The van der Waals surface area contributed by atoms with Gasteiger partial charge in [0.1, 0.15) is 5.76 Å². The molecule has 0 atom stereocenters. The standard InChI is InChI=1S/C23H22Cl4N2O2/c1-28(2)14-9-20(24)18(21(25)10-14)7-5-16(30)13-17(31)6-8-19-22(26)11-15(29(3)4)12-23(19)27/h5-13,30H,1-4H3. The van der Waals surface area contributed by atoms with Crippen molar-refractivity contribution in [2.75, 3.05) is 38.0 Å². The van der Waals surface area contributed by atoms with Gasteiger partial charge >= 0.3 is 0 Å². The van der Waals surface area contributed by atoms with Gasteiger partial charge in [-0.15, -0.1) is 0 Å². The lowest BCUT2D eigenvalue weighted by Gasteiger charge is -2.14. The summed E-state index contributed by atoms with van der Waals surface area (Å²) in [6.07, 6.45) is 6.74. The molecule has 0 saturated heterocycles. The summed E-state index contributed by atoms with van der Waals surface area (Å²) in [6.45, 7) is 0. The molecule has 8 heteroatoms. The molecule has 0 amide bonds. The van der Waals surface area contributed by atoms with E-state index in [-0.39, 0.29) is 5.76 Å². The number of hydrogen-bond acceptors (Lipinski definition) is 4. The van der Waals surface area contributed by atoms with Crippen molar-refractivity contribution in [1.29, 1.82) is 0 Å². The lowest BCUT2D eigenvalue weighted by Crippen LogP contribution is -2.08. The normalized spacial score (nSPS) is 12.1. The highest BCUT2D eigenvalue weighted by Crippen LogP contribution is 2.32. The van der Waals surface area contributed by atoms with Crippen molar-refractivity contribution in [3.8, 4) is 0 Å². The van der Waals surface area contributed by atoms with Crippen LogP contribution in [0.3, 0.4) is 0 Å². The van der Waals surface area contributed by atoms with Gasteiger partial charge in [-0.3, -0.25) is 4.79 Å². The van der Waals surface area contributed by atoms with Crippen molar-refractivity contribution in [3.05, 3.63) is 79.5 Å². The second-order valence-corrected chi connectivity index (χ2v) is 8.70. The van der Waals surface area contributed by atoms with Gasteiger partial charge < -0.3 is 14.9 Å². The highest BCUT2D eigenvalue weighted by molar-refractivity contribution is 6.38. The Hall–Kier alpha value is -2.11. The average molecular weight is 500 g/mol. The maximum Gasteiger partial charge on any atom is 0.182 e. The van der Waals surface area contributed by atoms with Crippen molar-refractivity contribution >= 4 is 75.7 Å². The van der Waals surface area contributed by atoms with Gasteiger partial charge in [0.05, 0.1) is 20.1 Å². The molecule has 0 unspecified atom stereocenters. The van der Waals surface area contributed by atoms with E-state index in [0.717, 1.165) is 17.5 Å². The monoisotopic (exact) mass is 498 g/mol. The van der Waals surface area contributed by atoms with Gasteiger partial charge in [-0.05, 0) is 48.6 Å². The van der Waals surface area contributed by atoms with E-state index in [0.29, 0.717) is 31.2 Å². The molecule has 1 N–H and O–H groups in total. The first-order valence-electron chi connectivity index (χ1n) is 9.13. The summed E-state index contributed by atoms with van der Waals surface area (Å²) in [5, 5.41) is 11.8. The predicted molar refractivity (Wildman–Crippen MR) is 135 cm³/mol. The van der Waals surface area contributed by atoms with Crippen LogP contribution in [0.4, 0.5) is 11.4 Å². The van der Waals surface area contributed by atoms with Gasteiger partial charge in [-0.1, -0.05) is 46.4 Å². The van der Waals surface area contributed by atoms with Crippen LogP contribution in [0.2, 0.25) is 20.1 Å². The third kappa shape index (κ3) is 6.94. The quantitative estimate of drug-likeness (QED) is 0.249. The number of aliphatic hydroxyl groups excluding tert-OH is 1. The minimum Gasteiger partial charge on any atom is -0.508 e. The fraction of sp³-hybridized carbons (Fsp3) is 0.174. The van der Waals surface area contributed by atoms with Crippen LogP contribution < -0.4 is 9.80 Å². The van der Waals surface area contributed by atoms with Gasteiger partial charge in [0.25, 0.3) is 0 Å². The molecule has 164 valence electrons. The van der Waals surface area contributed by atoms with Crippen LogP contribution in [0.25, 0.3) is 12.2 Å². The maximum atomic E-state index is 12.2. The zero-order valence-electron chi connectivity index (χ0n) is 17.5. The number of halogens is 4. The molecule has 0 aliphatic rings. The highest BCUT2D eigenvalue weighted by Gasteiger charge is 2.09. The molecule has 2 aromatic rings. The number of hydrogen-bond donors (Lipinski definition) is 1. The van der Waals surface area contributed by atoms with E-state index in [1.165, 1.54) is 18.2 Å². The zero-order valence-corrected chi connectivity index (χ0v) is 20.5. The Kier molecular flexibility index (Phi) is 8.90. The first-order valence-corrected chi connectivity index (χ1v) is 10.6. The molecule has 2 rings (SSSR count). The van der Waals surface area contributed by atoms with Gasteiger partial charge in [0.15, 0.2) is 5.78 Å². The highest BCUT2D eigenvalue weighted by atomic mass is 35.5. The van der Waals surface area contributed by atoms with E-state index in [4.69, 9.17) is 46.4 Å². The fourth-order valence-electron chi connectivity index (χ4n) is 2.55. The number of carbonyl (C=O) groups excluding carboxylic acids is 1. The molecule has 2 aromatic carbocycles. The van der Waals surface area contributed by atoms with Crippen LogP contribution >= 0.6 is 46.4 Å². The summed E-state index contributed by atoms with van der Waals surface area (Å²) in [7, 11) is 7.50. The molecule has 4 nitrogen and oxygen atoms in total. The summed E-state index contributed by atoms with van der Waals surface area (Å²) in [4.78, 5) is 15.9. The van der Waals surface area contributed by atoms with E-state index in [2.05, 4.69) is 0 Å². The maximum absolute atomic E-state index is 12.2. The summed E-state index contributed by atoms with van der Waals surface area (Å²) < 4.78 is 0. The molecule has 0 radical (unpaired) electrons. The van der Waals surface area contributed by atoms with Crippen LogP contribution in [0.1, 0.15) is 11.1 Å². The van der Waals surface area contributed by atoms with E-state index >= 15 is 0 Å². The second-order valence-electron chi connectivity index (χ2n) is 7.07. The fourth-order valence-corrected chi connectivity index (χ4v) is 3.76. The Labute approximate surface area is 202 Å². The van der Waals surface area contributed by atoms with Crippen molar-refractivity contribution in [3.63, 3.8) is 0 Å². The molecule has 0 saturated carbocycles. The van der Waals surface area contributed by atoms with Gasteiger partial charge in [0, 0.05) is 56.8 Å². The molecule has 31 heavy (non-hydrogen) atoms. The van der Waals surface area contributed by atoms with Crippen LogP contribution in [-0.2, 0) is 4.79 Å². The molecule has 0 spiro atoms. The number of ketones is 1. The Balaban J connectivity index is 2.17. The van der Waals surface area contributed by atoms with Crippen molar-refractivity contribution in [2.45, 2.75) is 0 Å². The number of allylic oxidation sites excluding steroid dienone is 3. The Morgan fingerprint density at radius 3 is 1.45 bits per heavy atom. The first kappa shape index (κ1) is 25.2. The Bertz CT molecular complexity index is 1030. The number of benzene rings is 2. The van der Waals surface area contributed by atoms with Gasteiger partial charge in [-0.25, -0.2) is 0 Å².